The topological polar surface area (TPSA) is 12.5 Å². The van der Waals surface area contributed by atoms with Crippen LogP contribution in [0.4, 0.5) is 0 Å². The molecular weight excluding hydrogens is 210 g/mol. The second-order valence-electron chi connectivity index (χ2n) is 5.25. The molecule has 1 aliphatic heterocycles. The minimum absolute atomic E-state index is 0.425. The van der Waals surface area contributed by atoms with Crippen LogP contribution >= 0.6 is 0 Å². The van der Waals surface area contributed by atoms with Gasteiger partial charge in [-0.3, -0.25) is 0 Å². The Morgan fingerprint density at radius 3 is 2.24 bits per heavy atom. The molecule has 92 valence electrons. The molecule has 0 spiro atoms. The molecule has 0 aromatic heterocycles. The Kier molecular flexibility index (Phi) is 3.32. The van der Waals surface area contributed by atoms with Gasteiger partial charge in [-0.05, 0) is 37.8 Å². The standard InChI is InChI=1S/C15H21NO/c1-2-7-14(8-3-1)17-15-9-11-16(12-10-15)13-5-4-6-13/h1-3,7-8,13,15H,4-6,9-12H2. The van der Waals surface area contributed by atoms with Gasteiger partial charge in [0.25, 0.3) is 0 Å². The molecule has 2 heteroatoms. The van der Waals surface area contributed by atoms with E-state index in [1.54, 1.807) is 0 Å². The van der Waals surface area contributed by atoms with Crippen molar-refractivity contribution in [3.63, 3.8) is 0 Å². The number of nitrogens with zero attached hydrogens (tertiary/aromatic N) is 1. The van der Waals surface area contributed by atoms with E-state index in [2.05, 4.69) is 17.0 Å². The molecule has 0 bridgehead atoms. The largest absolute Gasteiger partial charge is 0.490 e. The first-order valence-electron chi connectivity index (χ1n) is 6.87. The Bertz CT molecular complexity index is 339. The van der Waals surface area contributed by atoms with Crippen molar-refractivity contribution >= 4 is 0 Å². The van der Waals surface area contributed by atoms with Crippen LogP contribution in [0.15, 0.2) is 30.3 Å². The fourth-order valence-corrected chi connectivity index (χ4v) is 2.80. The summed E-state index contributed by atoms with van der Waals surface area (Å²) in [6, 6.07) is 11.1. The maximum absolute atomic E-state index is 6.01. The lowest BCUT2D eigenvalue weighted by Crippen LogP contribution is -2.46. The Hall–Kier alpha value is -1.02. The summed E-state index contributed by atoms with van der Waals surface area (Å²) >= 11 is 0. The fourth-order valence-electron chi connectivity index (χ4n) is 2.80. The molecular formula is C15H21NO. The fraction of sp³-hybridized carbons (Fsp3) is 0.600. The van der Waals surface area contributed by atoms with Gasteiger partial charge in [0.05, 0.1) is 0 Å². The average Bonchev–Trinajstić information content (AvgIpc) is 2.31. The quantitative estimate of drug-likeness (QED) is 0.792. The molecule has 2 aliphatic rings. The van der Waals surface area contributed by atoms with Gasteiger partial charge in [-0.2, -0.15) is 0 Å². The zero-order chi connectivity index (χ0) is 11.5. The van der Waals surface area contributed by atoms with Gasteiger partial charge in [0.2, 0.25) is 0 Å². The summed E-state index contributed by atoms with van der Waals surface area (Å²) in [6.07, 6.45) is 7.07. The first-order valence-corrected chi connectivity index (χ1v) is 6.87. The monoisotopic (exact) mass is 231 g/mol. The van der Waals surface area contributed by atoms with E-state index in [0.29, 0.717) is 6.10 Å². The van der Waals surface area contributed by atoms with Crippen LogP contribution in [0.25, 0.3) is 0 Å². The van der Waals surface area contributed by atoms with Crippen LogP contribution in [0.2, 0.25) is 0 Å². The van der Waals surface area contributed by atoms with Gasteiger partial charge in [-0.15, -0.1) is 0 Å². The molecule has 3 rings (SSSR count). The summed E-state index contributed by atoms with van der Waals surface area (Å²) in [6.45, 7) is 2.45. The third-order valence-electron chi connectivity index (χ3n) is 4.11. The Morgan fingerprint density at radius 2 is 1.65 bits per heavy atom. The first kappa shape index (κ1) is 11.1. The van der Waals surface area contributed by atoms with Crippen LogP contribution in [0, 0.1) is 0 Å². The average molecular weight is 231 g/mol. The van der Waals surface area contributed by atoms with Crippen molar-refractivity contribution in [2.75, 3.05) is 13.1 Å². The van der Waals surface area contributed by atoms with E-state index < -0.39 is 0 Å². The van der Waals surface area contributed by atoms with Gasteiger partial charge < -0.3 is 9.64 Å². The van der Waals surface area contributed by atoms with Crippen LogP contribution in [-0.2, 0) is 0 Å². The molecule has 0 unspecified atom stereocenters. The van der Waals surface area contributed by atoms with Crippen LogP contribution in [0.5, 0.6) is 5.75 Å². The summed E-state index contributed by atoms with van der Waals surface area (Å²) in [7, 11) is 0. The molecule has 1 saturated carbocycles. The minimum atomic E-state index is 0.425. The highest BCUT2D eigenvalue weighted by Crippen LogP contribution is 2.28. The first-order chi connectivity index (χ1) is 8.42. The normalized spacial score (nSPS) is 23.3. The van der Waals surface area contributed by atoms with Crippen LogP contribution in [0.1, 0.15) is 32.1 Å². The van der Waals surface area contributed by atoms with Crippen LogP contribution in [-0.4, -0.2) is 30.1 Å². The highest BCUT2D eigenvalue weighted by molar-refractivity contribution is 5.21. The molecule has 2 nitrogen and oxygen atoms in total. The lowest BCUT2D eigenvalue weighted by Gasteiger charge is -2.41. The summed E-state index contributed by atoms with van der Waals surface area (Å²) in [5, 5.41) is 0. The number of hydrogen-bond acceptors (Lipinski definition) is 2. The number of rotatable bonds is 3. The highest BCUT2D eigenvalue weighted by Gasteiger charge is 2.29. The molecule has 1 aromatic rings. The maximum Gasteiger partial charge on any atom is 0.119 e. The van der Waals surface area contributed by atoms with Crippen molar-refractivity contribution in [3.8, 4) is 5.75 Å². The predicted octanol–water partition coefficient (Wildman–Crippen LogP) is 3.08. The van der Waals surface area contributed by atoms with E-state index in [1.807, 2.05) is 18.2 Å². The Labute approximate surface area is 104 Å². The van der Waals surface area contributed by atoms with Crippen molar-refractivity contribution in [2.24, 2.45) is 0 Å². The predicted molar refractivity (Wildman–Crippen MR) is 69.3 cm³/mol. The summed E-state index contributed by atoms with van der Waals surface area (Å²) in [4.78, 5) is 2.66. The SMILES string of the molecule is c1ccc(OC2CCN(C3CCC3)CC2)cc1. The lowest BCUT2D eigenvalue weighted by atomic mass is 9.90. The Balaban J connectivity index is 1.48. The van der Waals surface area contributed by atoms with E-state index in [0.717, 1.165) is 11.8 Å². The van der Waals surface area contributed by atoms with Gasteiger partial charge >= 0.3 is 0 Å². The molecule has 2 fully saturated rings. The zero-order valence-electron chi connectivity index (χ0n) is 10.3. The zero-order valence-corrected chi connectivity index (χ0v) is 10.3. The molecule has 1 aliphatic carbocycles. The third-order valence-corrected chi connectivity index (χ3v) is 4.11. The maximum atomic E-state index is 6.01. The number of likely N-dealkylation sites (tertiary alicyclic amines) is 1. The number of piperidine rings is 1. The molecule has 0 atom stereocenters. The van der Waals surface area contributed by atoms with Gasteiger partial charge in [-0.25, -0.2) is 0 Å². The molecule has 0 amide bonds. The van der Waals surface area contributed by atoms with Gasteiger partial charge in [0, 0.05) is 19.1 Å². The van der Waals surface area contributed by atoms with Crippen LogP contribution in [0.3, 0.4) is 0 Å². The molecule has 17 heavy (non-hydrogen) atoms. The lowest BCUT2D eigenvalue weighted by molar-refractivity contribution is 0.0493. The van der Waals surface area contributed by atoms with E-state index >= 15 is 0 Å². The highest BCUT2D eigenvalue weighted by atomic mass is 16.5. The van der Waals surface area contributed by atoms with Crippen molar-refractivity contribution in [1.82, 2.24) is 4.90 Å². The number of ether oxygens (including phenoxy) is 1. The molecule has 0 radical (unpaired) electrons. The molecule has 1 heterocycles. The van der Waals surface area contributed by atoms with E-state index in [4.69, 9.17) is 4.74 Å². The van der Waals surface area contributed by atoms with Gasteiger partial charge in [0.15, 0.2) is 0 Å². The smallest absolute Gasteiger partial charge is 0.119 e. The van der Waals surface area contributed by atoms with Gasteiger partial charge in [0.1, 0.15) is 11.9 Å². The van der Waals surface area contributed by atoms with E-state index in [9.17, 15) is 0 Å². The van der Waals surface area contributed by atoms with Crippen LogP contribution < -0.4 is 4.74 Å². The summed E-state index contributed by atoms with van der Waals surface area (Å²) in [5.41, 5.74) is 0. The third kappa shape index (κ3) is 2.63. The number of para-hydroxylation sites is 1. The summed E-state index contributed by atoms with van der Waals surface area (Å²) in [5.74, 6) is 1.02. The van der Waals surface area contributed by atoms with Crippen molar-refractivity contribution < 1.29 is 4.74 Å². The summed E-state index contributed by atoms with van der Waals surface area (Å²) < 4.78 is 6.01. The van der Waals surface area contributed by atoms with Gasteiger partial charge in [-0.1, -0.05) is 24.6 Å². The molecule has 0 N–H and O–H groups in total. The van der Waals surface area contributed by atoms with E-state index in [-0.39, 0.29) is 0 Å². The second kappa shape index (κ2) is 5.09. The second-order valence-corrected chi connectivity index (χ2v) is 5.25. The van der Waals surface area contributed by atoms with Crippen molar-refractivity contribution in [1.29, 1.82) is 0 Å². The molecule has 1 saturated heterocycles. The Morgan fingerprint density at radius 1 is 0.941 bits per heavy atom. The number of hydrogen-bond donors (Lipinski definition) is 0. The molecule has 1 aromatic carbocycles. The minimum Gasteiger partial charge on any atom is -0.490 e. The van der Waals surface area contributed by atoms with Crippen molar-refractivity contribution in [2.45, 2.75) is 44.2 Å². The number of benzene rings is 1. The van der Waals surface area contributed by atoms with E-state index in [1.165, 1.54) is 45.2 Å². The van der Waals surface area contributed by atoms with Crippen molar-refractivity contribution in [3.05, 3.63) is 30.3 Å².